The van der Waals surface area contributed by atoms with Crippen molar-refractivity contribution in [2.24, 2.45) is 0 Å². The van der Waals surface area contributed by atoms with Crippen LogP contribution in [-0.2, 0) is 4.79 Å². The lowest BCUT2D eigenvalue weighted by Crippen LogP contribution is -2.20. The van der Waals surface area contributed by atoms with Gasteiger partial charge in [0.2, 0.25) is 0 Å². The average Bonchev–Trinajstić information content (AvgIpc) is 2.62. The summed E-state index contributed by atoms with van der Waals surface area (Å²) < 4.78 is 0. The van der Waals surface area contributed by atoms with Crippen LogP contribution < -0.4 is 5.32 Å². The quantitative estimate of drug-likeness (QED) is 0.576. The molecule has 0 spiro atoms. The fourth-order valence-corrected chi connectivity index (χ4v) is 2.50. The van der Waals surface area contributed by atoms with Crippen molar-refractivity contribution >= 4 is 28.0 Å². The molecule has 0 radical (unpaired) electrons. The number of nitrogens with zero attached hydrogens (tertiary/aromatic N) is 1. The first-order valence-corrected chi connectivity index (χ1v) is 7.25. The molecule has 2 N–H and O–H groups in total. The molecule has 2 aromatic carbocycles. The Morgan fingerprint density at radius 1 is 0.957 bits per heavy atom. The number of carbonyl (C=O) groups is 1. The molecule has 0 atom stereocenters. The predicted molar refractivity (Wildman–Crippen MR) is 91.7 cm³/mol. The number of amides is 1. The first kappa shape index (κ1) is 14.8. The van der Waals surface area contributed by atoms with E-state index in [-0.39, 0.29) is 17.2 Å². The number of fused-ring (bicyclic) bond motifs is 1. The summed E-state index contributed by atoms with van der Waals surface area (Å²) >= 11 is 0. The summed E-state index contributed by atoms with van der Waals surface area (Å²) in [6.45, 7) is 0. The van der Waals surface area contributed by atoms with Gasteiger partial charge in [-0.3, -0.25) is 9.78 Å². The largest absolute Gasteiger partial charge is 0.506 e. The second-order valence-electron chi connectivity index (χ2n) is 5.10. The van der Waals surface area contributed by atoms with Crippen molar-refractivity contribution in [1.82, 2.24) is 10.3 Å². The van der Waals surface area contributed by atoms with Crippen molar-refractivity contribution in [3.63, 3.8) is 0 Å². The number of aliphatic hydroxyl groups is 1. The Morgan fingerprint density at radius 2 is 1.65 bits per heavy atom. The SMILES string of the molecule is CNC(=O)C(=C(O)c1ccncc1)c1ccc2ccccc2c1. The highest BCUT2D eigenvalue weighted by atomic mass is 16.3. The third-order valence-electron chi connectivity index (χ3n) is 3.68. The van der Waals surface area contributed by atoms with Gasteiger partial charge in [-0.15, -0.1) is 0 Å². The highest BCUT2D eigenvalue weighted by Crippen LogP contribution is 2.27. The van der Waals surface area contributed by atoms with Gasteiger partial charge >= 0.3 is 0 Å². The van der Waals surface area contributed by atoms with Crippen LogP contribution in [0, 0.1) is 0 Å². The molecule has 23 heavy (non-hydrogen) atoms. The second kappa shape index (κ2) is 6.32. The molecule has 0 aliphatic rings. The molecule has 0 aliphatic carbocycles. The molecule has 4 nitrogen and oxygen atoms in total. The summed E-state index contributed by atoms with van der Waals surface area (Å²) in [6.07, 6.45) is 3.15. The normalized spacial score (nSPS) is 11.9. The fourth-order valence-electron chi connectivity index (χ4n) is 2.50. The van der Waals surface area contributed by atoms with Gasteiger partial charge in [0, 0.05) is 25.0 Å². The Kier molecular flexibility index (Phi) is 4.06. The van der Waals surface area contributed by atoms with Gasteiger partial charge in [0.15, 0.2) is 0 Å². The molecule has 0 fully saturated rings. The Labute approximate surface area is 134 Å². The van der Waals surface area contributed by atoms with Crippen LogP contribution in [0.25, 0.3) is 22.1 Å². The molecule has 1 amide bonds. The lowest BCUT2D eigenvalue weighted by Gasteiger charge is -2.11. The van der Waals surface area contributed by atoms with Crippen molar-refractivity contribution in [2.45, 2.75) is 0 Å². The zero-order chi connectivity index (χ0) is 16.2. The molecular weight excluding hydrogens is 288 g/mol. The predicted octanol–water partition coefficient (Wildman–Crippen LogP) is 3.41. The third kappa shape index (κ3) is 2.92. The number of aromatic nitrogens is 1. The van der Waals surface area contributed by atoms with E-state index in [9.17, 15) is 9.90 Å². The molecule has 1 heterocycles. The number of pyridine rings is 1. The molecular formula is C19H16N2O2. The Morgan fingerprint density at radius 3 is 2.35 bits per heavy atom. The van der Waals surface area contributed by atoms with E-state index in [0.29, 0.717) is 11.1 Å². The first-order valence-electron chi connectivity index (χ1n) is 7.25. The minimum absolute atomic E-state index is 0.0676. The Balaban J connectivity index is 2.21. The van der Waals surface area contributed by atoms with Gasteiger partial charge in [0.1, 0.15) is 5.76 Å². The minimum Gasteiger partial charge on any atom is -0.506 e. The van der Waals surface area contributed by atoms with Crippen molar-refractivity contribution in [1.29, 1.82) is 0 Å². The summed E-state index contributed by atoms with van der Waals surface area (Å²) in [5.41, 5.74) is 1.45. The van der Waals surface area contributed by atoms with Gasteiger partial charge in [-0.2, -0.15) is 0 Å². The molecule has 4 heteroatoms. The molecule has 0 bridgehead atoms. The van der Waals surface area contributed by atoms with Crippen LogP contribution in [0.1, 0.15) is 11.1 Å². The number of rotatable bonds is 3. The van der Waals surface area contributed by atoms with E-state index in [1.54, 1.807) is 31.6 Å². The molecule has 0 saturated heterocycles. The summed E-state index contributed by atoms with van der Waals surface area (Å²) in [5, 5.41) is 15.3. The number of benzene rings is 2. The maximum Gasteiger partial charge on any atom is 0.255 e. The number of likely N-dealkylation sites (N-methyl/N-ethyl adjacent to an activating group) is 1. The van der Waals surface area contributed by atoms with Crippen molar-refractivity contribution < 1.29 is 9.90 Å². The zero-order valence-corrected chi connectivity index (χ0v) is 12.7. The summed E-state index contributed by atoms with van der Waals surface area (Å²) in [6, 6.07) is 16.9. The lowest BCUT2D eigenvalue weighted by molar-refractivity contribution is -0.115. The van der Waals surface area contributed by atoms with E-state index >= 15 is 0 Å². The smallest absolute Gasteiger partial charge is 0.255 e. The van der Waals surface area contributed by atoms with Crippen LogP contribution in [0.4, 0.5) is 0 Å². The number of hydrogen-bond acceptors (Lipinski definition) is 3. The number of aliphatic hydroxyl groups excluding tert-OH is 1. The number of carbonyl (C=O) groups excluding carboxylic acids is 1. The van der Waals surface area contributed by atoms with Gasteiger partial charge in [-0.05, 0) is 34.5 Å². The van der Waals surface area contributed by atoms with Gasteiger partial charge in [-0.25, -0.2) is 0 Å². The fraction of sp³-hybridized carbons (Fsp3) is 0.0526. The molecule has 0 unspecified atom stereocenters. The topological polar surface area (TPSA) is 62.2 Å². The monoisotopic (exact) mass is 304 g/mol. The van der Waals surface area contributed by atoms with Crippen molar-refractivity contribution in [2.75, 3.05) is 7.05 Å². The van der Waals surface area contributed by atoms with E-state index in [4.69, 9.17) is 0 Å². The van der Waals surface area contributed by atoms with Gasteiger partial charge in [0.05, 0.1) is 5.57 Å². The van der Waals surface area contributed by atoms with E-state index in [0.717, 1.165) is 10.8 Å². The van der Waals surface area contributed by atoms with Crippen LogP contribution >= 0.6 is 0 Å². The van der Waals surface area contributed by atoms with Gasteiger partial charge in [0.25, 0.3) is 5.91 Å². The highest BCUT2D eigenvalue weighted by Gasteiger charge is 2.18. The number of nitrogens with one attached hydrogen (secondary N) is 1. The van der Waals surface area contributed by atoms with Crippen LogP contribution in [0.5, 0.6) is 0 Å². The Hall–Kier alpha value is -3.14. The molecule has 1 aromatic heterocycles. The van der Waals surface area contributed by atoms with E-state index in [1.165, 1.54) is 0 Å². The van der Waals surface area contributed by atoms with E-state index in [2.05, 4.69) is 10.3 Å². The molecule has 0 aliphatic heterocycles. The highest BCUT2D eigenvalue weighted by molar-refractivity contribution is 6.26. The molecule has 3 rings (SSSR count). The van der Waals surface area contributed by atoms with Crippen LogP contribution in [0.3, 0.4) is 0 Å². The number of hydrogen-bond donors (Lipinski definition) is 2. The van der Waals surface area contributed by atoms with Crippen LogP contribution in [-0.4, -0.2) is 23.0 Å². The standard InChI is InChI=1S/C19H16N2O2/c1-20-19(23)17(18(22)14-8-10-21-11-9-14)16-7-6-13-4-2-3-5-15(13)12-16/h2-12,22H,1H3,(H,20,23). The summed E-state index contributed by atoms with van der Waals surface area (Å²) in [4.78, 5) is 16.3. The second-order valence-corrected chi connectivity index (χ2v) is 5.10. The first-order chi connectivity index (χ1) is 11.2. The lowest BCUT2D eigenvalue weighted by atomic mass is 9.97. The molecule has 3 aromatic rings. The van der Waals surface area contributed by atoms with E-state index in [1.807, 2.05) is 42.5 Å². The van der Waals surface area contributed by atoms with Gasteiger partial charge < -0.3 is 10.4 Å². The summed E-state index contributed by atoms with van der Waals surface area (Å²) in [7, 11) is 1.54. The maximum atomic E-state index is 12.3. The molecule has 0 saturated carbocycles. The third-order valence-corrected chi connectivity index (χ3v) is 3.68. The minimum atomic E-state index is -0.338. The molecule has 114 valence electrons. The van der Waals surface area contributed by atoms with Crippen LogP contribution in [0.15, 0.2) is 67.0 Å². The summed E-state index contributed by atoms with van der Waals surface area (Å²) in [5.74, 6) is -0.406. The maximum absolute atomic E-state index is 12.3. The van der Waals surface area contributed by atoms with Gasteiger partial charge in [-0.1, -0.05) is 36.4 Å². The van der Waals surface area contributed by atoms with Crippen molar-refractivity contribution in [3.8, 4) is 0 Å². The van der Waals surface area contributed by atoms with Crippen LogP contribution in [0.2, 0.25) is 0 Å². The average molecular weight is 304 g/mol. The van der Waals surface area contributed by atoms with Crippen molar-refractivity contribution in [3.05, 3.63) is 78.1 Å². The van der Waals surface area contributed by atoms with E-state index < -0.39 is 0 Å². The Bertz CT molecular complexity index is 886. The zero-order valence-electron chi connectivity index (χ0n) is 12.7.